The molecule has 172 valence electrons. The lowest BCUT2D eigenvalue weighted by Crippen LogP contribution is -2.46. The number of nitrogens with zero attached hydrogens (tertiary/aromatic N) is 1. The summed E-state index contributed by atoms with van der Waals surface area (Å²) in [6.07, 6.45) is 2.49. The van der Waals surface area contributed by atoms with Crippen molar-refractivity contribution in [1.82, 2.24) is 10.6 Å². The first kappa shape index (κ1) is 22.9. The summed E-state index contributed by atoms with van der Waals surface area (Å²) in [5, 5.41) is 8.17. The second-order valence-electron chi connectivity index (χ2n) is 8.03. The van der Waals surface area contributed by atoms with Crippen LogP contribution in [0.15, 0.2) is 72.1 Å². The lowest BCUT2D eigenvalue weighted by Gasteiger charge is -2.34. The zero-order valence-corrected chi connectivity index (χ0v) is 19.4. The van der Waals surface area contributed by atoms with E-state index in [2.05, 4.69) is 27.0 Å². The zero-order valence-electron chi connectivity index (χ0n) is 18.5. The Hall–Kier alpha value is -3.32. The summed E-state index contributed by atoms with van der Waals surface area (Å²) >= 11 is 1.71. The maximum absolute atomic E-state index is 12.8. The van der Waals surface area contributed by atoms with Crippen LogP contribution in [0.25, 0.3) is 0 Å². The van der Waals surface area contributed by atoms with E-state index in [-0.39, 0.29) is 24.5 Å². The molecule has 2 aromatic carbocycles. The van der Waals surface area contributed by atoms with Crippen LogP contribution in [0, 0.1) is 0 Å². The minimum Gasteiger partial charge on any atom is -0.484 e. The van der Waals surface area contributed by atoms with Gasteiger partial charge in [0.25, 0.3) is 11.8 Å². The van der Waals surface area contributed by atoms with Crippen LogP contribution >= 0.6 is 11.3 Å². The molecule has 4 rings (SSSR count). The number of nitrogens with one attached hydrogen (secondary N) is 2. The number of amides is 2. The molecule has 0 spiro atoms. The van der Waals surface area contributed by atoms with Crippen molar-refractivity contribution in [3.63, 3.8) is 0 Å². The summed E-state index contributed by atoms with van der Waals surface area (Å²) in [7, 11) is 0. The highest BCUT2D eigenvalue weighted by atomic mass is 32.1. The van der Waals surface area contributed by atoms with Gasteiger partial charge in [0.1, 0.15) is 5.75 Å². The summed E-state index contributed by atoms with van der Waals surface area (Å²) in [5.41, 5.74) is 1.64. The van der Waals surface area contributed by atoms with E-state index in [1.54, 1.807) is 11.3 Å². The van der Waals surface area contributed by atoms with Crippen molar-refractivity contribution < 1.29 is 14.3 Å². The molecule has 2 amide bonds. The molecule has 7 heteroatoms. The number of hydrogen-bond acceptors (Lipinski definition) is 5. The van der Waals surface area contributed by atoms with Crippen LogP contribution in [0.1, 0.15) is 28.1 Å². The van der Waals surface area contributed by atoms with Crippen molar-refractivity contribution in [1.29, 1.82) is 0 Å². The third-order valence-corrected chi connectivity index (χ3v) is 6.64. The van der Waals surface area contributed by atoms with Gasteiger partial charge in [0.2, 0.25) is 0 Å². The quantitative estimate of drug-likeness (QED) is 0.505. The molecule has 2 N–H and O–H groups in total. The Balaban J connectivity index is 1.25. The van der Waals surface area contributed by atoms with Crippen molar-refractivity contribution in [3.05, 3.63) is 82.6 Å². The van der Waals surface area contributed by atoms with Crippen molar-refractivity contribution in [2.75, 3.05) is 31.1 Å². The largest absolute Gasteiger partial charge is 0.484 e. The molecule has 0 saturated carbocycles. The molecule has 1 aliphatic rings. The fourth-order valence-electron chi connectivity index (χ4n) is 3.99. The number of ether oxygens (including phenoxy) is 1. The fourth-order valence-corrected chi connectivity index (χ4v) is 4.70. The van der Waals surface area contributed by atoms with E-state index in [1.165, 1.54) is 4.88 Å². The Morgan fingerprint density at radius 2 is 1.73 bits per heavy atom. The fraction of sp³-hybridized carbons (Fsp3) is 0.308. The maximum Gasteiger partial charge on any atom is 0.258 e. The van der Waals surface area contributed by atoms with Gasteiger partial charge >= 0.3 is 0 Å². The first-order chi connectivity index (χ1) is 16.2. The van der Waals surface area contributed by atoms with Crippen molar-refractivity contribution in [2.24, 2.45) is 0 Å². The Morgan fingerprint density at radius 1 is 0.970 bits per heavy atom. The lowest BCUT2D eigenvalue weighted by molar-refractivity contribution is -0.123. The van der Waals surface area contributed by atoms with Crippen molar-refractivity contribution in [2.45, 2.75) is 25.3 Å². The third-order valence-electron chi connectivity index (χ3n) is 5.70. The molecule has 0 aliphatic carbocycles. The minimum absolute atomic E-state index is 0.0126. The Kier molecular flexibility index (Phi) is 7.98. The number of carbonyl (C=O) groups excluding carboxylic acids is 2. The van der Waals surface area contributed by atoms with Crippen LogP contribution in [0.2, 0.25) is 0 Å². The van der Waals surface area contributed by atoms with E-state index < -0.39 is 0 Å². The second-order valence-corrected chi connectivity index (χ2v) is 9.07. The molecule has 0 unspecified atom stereocenters. The van der Waals surface area contributed by atoms with Crippen LogP contribution in [0.4, 0.5) is 5.69 Å². The van der Waals surface area contributed by atoms with Crippen LogP contribution in [-0.2, 0) is 11.2 Å². The van der Waals surface area contributed by atoms with E-state index in [4.69, 9.17) is 4.74 Å². The van der Waals surface area contributed by atoms with Gasteiger partial charge in [-0.15, -0.1) is 11.3 Å². The van der Waals surface area contributed by atoms with E-state index in [0.717, 1.165) is 38.0 Å². The van der Waals surface area contributed by atoms with Crippen LogP contribution in [0.3, 0.4) is 0 Å². The average Bonchev–Trinajstić information content (AvgIpc) is 3.37. The van der Waals surface area contributed by atoms with Gasteiger partial charge < -0.3 is 20.3 Å². The summed E-state index contributed by atoms with van der Waals surface area (Å²) in [6.45, 7) is 2.19. The molecule has 6 nitrogen and oxygen atoms in total. The molecule has 0 atom stereocenters. The van der Waals surface area contributed by atoms with Crippen molar-refractivity contribution in [3.8, 4) is 5.75 Å². The Bertz CT molecular complexity index is 1030. The molecule has 1 saturated heterocycles. The van der Waals surface area contributed by atoms with E-state index in [9.17, 15) is 9.59 Å². The van der Waals surface area contributed by atoms with E-state index >= 15 is 0 Å². The monoisotopic (exact) mass is 463 g/mol. The average molecular weight is 464 g/mol. The molecular weight excluding hydrogens is 434 g/mol. The predicted octanol–water partition coefficient (Wildman–Crippen LogP) is 3.88. The number of carbonyl (C=O) groups is 2. The van der Waals surface area contributed by atoms with E-state index in [1.807, 2.05) is 60.7 Å². The van der Waals surface area contributed by atoms with Gasteiger partial charge in [0.15, 0.2) is 6.61 Å². The summed E-state index contributed by atoms with van der Waals surface area (Å²) in [4.78, 5) is 28.6. The highest BCUT2D eigenvalue weighted by Gasteiger charge is 2.23. The van der Waals surface area contributed by atoms with Gasteiger partial charge in [-0.25, -0.2) is 0 Å². The van der Waals surface area contributed by atoms with Gasteiger partial charge in [0, 0.05) is 36.2 Å². The van der Waals surface area contributed by atoms with Gasteiger partial charge in [-0.3, -0.25) is 9.59 Å². The van der Waals surface area contributed by atoms with Gasteiger partial charge in [-0.1, -0.05) is 36.4 Å². The molecular formula is C26H29N3O3S. The molecule has 1 aromatic heterocycles. The number of thiophene rings is 1. The first-order valence-electron chi connectivity index (χ1n) is 11.3. The number of piperidine rings is 1. The summed E-state index contributed by atoms with van der Waals surface area (Å²) < 4.78 is 5.53. The highest BCUT2D eigenvalue weighted by Crippen LogP contribution is 2.24. The van der Waals surface area contributed by atoms with Gasteiger partial charge in [-0.2, -0.15) is 0 Å². The Labute approximate surface area is 198 Å². The van der Waals surface area contributed by atoms with Crippen molar-refractivity contribution >= 4 is 28.8 Å². The van der Waals surface area contributed by atoms with E-state index in [0.29, 0.717) is 17.9 Å². The lowest BCUT2D eigenvalue weighted by atomic mass is 10.0. The maximum atomic E-state index is 12.8. The molecule has 0 bridgehead atoms. The highest BCUT2D eigenvalue weighted by molar-refractivity contribution is 7.09. The normalized spacial score (nSPS) is 14.0. The standard InChI is InChI=1S/C26H29N3O3S/c30-25(19-32-21-7-2-1-3-8-21)28-20-13-16-29(17-14-20)24-11-5-4-10-23(24)26(31)27-15-12-22-9-6-18-33-22/h1-11,18,20H,12-17,19H2,(H,27,31)(H,28,30). The first-order valence-corrected chi connectivity index (χ1v) is 12.2. The summed E-state index contributed by atoms with van der Waals surface area (Å²) in [5.74, 6) is 0.534. The number of anilines is 1. The topological polar surface area (TPSA) is 70.7 Å². The second kappa shape index (κ2) is 11.5. The van der Waals surface area contributed by atoms with Crippen LogP contribution in [-0.4, -0.2) is 44.1 Å². The number of benzene rings is 2. The smallest absolute Gasteiger partial charge is 0.258 e. The minimum atomic E-state index is -0.108. The SMILES string of the molecule is O=C(COc1ccccc1)NC1CCN(c2ccccc2C(=O)NCCc2cccs2)CC1. The molecule has 0 radical (unpaired) electrons. The number of hydrogen-bond donors (Lipinski definition) is 2. The van der Waals surface area contributed by atoms with Gasteiger partial charge in [0.05, 0.1) is 5.56 Å². The Morgan fingerprint density at radius 3 is 2.48 bits per heavy atom. The number of rotatable bonds is 9. The van der Waals surface area contributed by atoms with Gasteiger partial charge in [-0.05, 0) is 55.0 Å². The third kappa shape index (κ3) is 6.58. The summed E-state index contributed by atoms with van der Waals surface area (Å²) in [6, 6.07) is 21.3. The molecule has 33 heavy (non-hydrogen) atoms. The molecule has 1 fully saturated rings. The van der Waals surface area contributed by atoms with Crippen LogP contribution < -0.4 is 20.3 Å². The zero-order chi connectivity index (χ0) is 22.9. The predicted molar refractivity (Wildman–Crippen MR) is 132 cm³/mol. The molecule has 1 aliphatic heterocycles. The molecule has 2 heterocycles. The van der Waals surface area contributed by atoms with Crippen LogP contribution in [0.5, 0.6) is 5.75 Å². The number of para-hydroxylation sites is 2. The molecule has 3 aromatic rings.